The summed E-state index contributed by atoms with van der Waals surface area (Å²) in [4.78, 5) is 22.2. The van der Waals surface area contributed by atoms with E-state index >= 15 is 0 Å². The summed E-state index contributed by atoms with van der Waals surface area (Å²) in [6.07, 6.45) is 1.51. The van der Waals surface area contributed by atoms with Gasteiger partial charge in [0.15, 0.2) is 0 Å². The van der Waals surface area contributed by atoms with E-state index in [1.54, 1.807) is 29.6 Å². The van der Waals surface area contributed by atoms with Crippen molar-refractivity contribution < 1.29 is 4.79 Å². The number of thiazole rings is 1. The predicted molar refractivity (Wildman–Crippen MR) is 78.0 cm³/mol. The van der Waals surface area contributed by atoms with Crippen molar-refractivity contribution in [1.82, 2.24) is 14.9 Å². The number of hydrogen-bond acceptors (Lipinski definition) is 5. The van der Waals surface area contributed by atoms with Crippen LogP contribution >= 0.6 is 23.6 Å². The normalized spacial score (nSPS) is 10.2. The van der Waals surface area contributed by atoms with Gasteiger partial charge in [-0.05, 0) is 12.1 Å². The average molecular weight is 292 g/mol. The van der Waals surface area contributed by atoms with Crippen LogP contribution < -0.4 is 5.73 Å². The number of amides is 1. The van der Waals surface area contributed by atoms with E-state index in [1.165, 1.54) is 17.5 Å². The fraction of sp³-hybridized carbons (Fsp3) is 0.167. The molecule has 0 saturated carbocycles. The van der Waals surface area contributed by atoms with Crippen molar-refractivity contribution >= 4 is 34.5 Å². The first-order valence-corrected chi connectivity index (χ1v) is 6.81. The minimum absolute atomic E-state index is 0.164. The number of pyridine rings is 1. The molecule has 0 radical (unpaired) electrons. The van der Waals surface area contributed by atoms with Crippen LogP contribution in [-0.2, 0) is 6.54 Å². The van der Waals surface area contributed by atoms with Crippen LogP contribution in [0.5, 0.6) is 0 Å². The highest BCUT2D eigenvalue weighted by Crippen LogP contribution is 2.08. The van der Waals surface area contributed by atoms with Gasteiger partial charge in [-0.3, -0.25) is 9.78 Å². The van der Waals surface area contributed by atoms with Gasteiger partial charge >= 0.3 is 0 Å². The van der Waals surface area contributed by atoms with Gasteiger partial charge in [-0.1, -0.05) is 12.2 Å². The van der Waals surface area contributed by atoms with Gasteiger partial charge in [-0.25, -0.2) is 4.98 Å². The standard InChI is InChI=1S/C12H12N4OS2/c1-16(5-9-6-19-7-15-9)12(17)10-3-2-8(4-14-10)11(13)18/h2-4,6-7H,5H2,1H3,(H2,13,18). The van der Waals surface area contributed by atoms with Gasteiger partial charge in [0.2, 0.25) is 0 Å². The first kappa shape index (κ1) is 13.6. The molecule has 2 aromatic heterocycles. The molecule has 2 heterocycles. The molecular formula is C12H12N4OS2. The molecule has 0 saturated heterocycles. The largest absolute Gasteiger partial charge is 0.389 e. The van der Waals surface area contributed by atoms with E-state index in [0.717, 1.165) is 5.69 Å². The number of aromatic nitrogens is 2. The monoisotopic (exact) mass is 292 g/mol. The van der Waals surface area contributed by atoms with E-state index in [4.69, 9.17) is 18.0 Å². The number of hydrogen-bond donors (Lipinski definition) is 1. The Morgan fingerprint density at radius 3 is 2.79 bits per heavy atom. The molecule has 2 rings (SSSR count). The van der Waals surface area contributed by atoms with Crippen molar-refractivity contribution in [3.63, 3.8) is 0 Å². The highest BCUT2D eigenvalue weighted by atomic mass is 32.1. The molecule has 98 valence electrons. The topological polar surface area (TPSA) is 72.1 Å². The number of nitrogens with zero attached hydrogens (tertiary/aromatic N) is 3. The molecule has 5 nitrogen and oxygen atoms in total. The lowest BCUT2D eigenvalue weighted by atomic mass is 10.2. The Morgan fingerprint density at radius 2 is 2.26 bits per heavy atom. The van der Waals surface area contributed by atoms with Gasteiger partial charge < -0.3 is 10.6 Å². The van der Waals surface area contributed by atoms with Crippen LogP contribution in [0.15, 0.2) is 29.2 Å². The van der Waals surface area contributed by atoms with Crippen LogP contribution in [0.4, 0.5) is 0 Å². The fourth-order valence-electron chi connectivity index (χ4n) is 1.49. The fourth-order valence-corrected chi connectivity index (χ4v) is 2.16. The molecule has 0 unspecified atom stereocenters. The summed E-state index contributed by atoms with van der Waals surface area (Å²) in [7, 11) is 1.71. The van der Waals surface area contributed by atoms with E-state index in [9.17, 15) is 4.79 Å². The van der Waals surface area contributed by atoms with Gasteiger partial charge in [-0.2, -0.15) is 0 Å². The number of rotatable bonds is 4. The Labute approximate surface area is 120 Å². The summed E-state index contributed by atoms with van der Waals surface area (Å²) in [6.45, 7) is 0.459. The van der Waals surface area contributed by atoms with Crippen LogP contribution in [0.25, 0.3) is 0 Å². The molecule has 0 aliphatic carbocycles. The second-order valence-electron chi connectivity index (χ2n) is 3.94. The van der Waals surface area contributed by atoms with E-state index in [1.807, 2.05) is 5.38 Å². The Bertz CT molecular complexity index is 580. The minimum atomic E-state index is -0.164. The highest BCUT2D eigenvalue weighted by molar-refractivity contribution is 7.80. The van der Waals surface area contributed by atoms with E-state index in [0.29, 0.717) is 17.8 Å². The molecule has 0 aliphatic heterocycles. The Hall–Kier alpha value is -1.86. The molecule has 2 N–H and O–H groups in total. The number of nitrogens with two attached hydrogens (primary N) is 1. The molecule has 0 spiro atoms. The van der Waals surface area contributed by atoms with Crippen molar-refractivity contribution in [1.29, 1.82) is 0 Å². The van der Waals surface area contributed by atoms with Gasteiger partial charge in [0.25, 0.3) is 5.91 Å². The Morgan fingerprint density at radius 1 is 1.47 bits per heavy atom. The molecule has 1 amide bonds. The number of thiocarbonyl (C=S) groups is 1. The highest BCUT2D eigenvalue weighted by Gasteiger charge is 2.14. The second kappa shape index (κ2) is 5.85. The zero-order valence-corrected chi connectivity index (χ0v) is 11.9. The second-order valence-corrected chi connectivity index (χ2v) is 5.10. The summed E-state index contributed by atoms with van der Waals surface area (Å²) in [5, 5.41) is 1.91. The van der Waals surface area contributed by atoms with Crippen molar-refractivity contribution in [3.05, 3.63) is 46.2 Å². The Kier molecular flexibility index (Phi) is 4.18. The van der Waals surface area contributed by atoms with Crippen molar-refractivity contribution in [2.45, 2.75) is 6.54 Å². The average Bonchev–Trinajstić information content (AvgIpc) is 2.90. The van der Waals surface area contributed by atoms with Crippen LogP contribution in [0.3, 0.4) is 0 Å². The summed E-state index contributed by atoms with van der Waals surface area (Å²) >= 11 is 6.34. The molecule has 19 heavy (non-hydrogen) atoms. The third-order valence-corrected chi connectivity index (χ3v) is 3.37. The molecule has 7 heteroatoms. The van der Waals surface area contributed by atoms with Crippen molar-refractivity contribution in [3.8, 4) is 0 Å². The van der Waals surface area contributed by atoms with Gasteiger partial charge in [-0.15, -0.1) is 11.3 Å². The predicted octanol–water partition coefficient (Wildman–Crippen LogP) is 1.44. The maximum Gasteiger partial charge on any atom is 0.272 e. The molecule has 2 aromatic rings. The third-order valence-electron chi connectivity index (χ3n) is 2.50. The van der Waals surface area contributed by atoms with Gasteiger partial charge in [0, 0.05) is 24.2 Å². The van der Waals surface area contributed by atoms with Crippen LogP contribution in [0.1, 0.15) is 21.7 Å². The molecule has 0 atom stereocenters. The molecule has 0 bridgehead atoms. The van der Waals surface area contributed by atoms with Crippen LogP contribution in [0, 0.1) is 0 Å². The van der Waals surface area contributed by atoms with Crippen molar-refractivity contribution in [2.24, 2.45) is 5.73 Å². The van der Waals surface area contributed by atoms with Crippen molar-refractivity contribution in [2.75, 3.05) is 7.05 Å². The first-order valence-electron chi connectivity index (χ1n) is 5.46. The summed E-state index contributed by atoms with van der Waals surface area (Å²) < 4.78 is 0. The lowest BCUT2D eigenvalue weighted by Crippen LogP contribution is -2.27. The summed E-state index contributed by atoms with van der Waals surface area (Å²) in [6, 6.07) is 3.31. The Balaban J connectivity index is 2.08. The minimum Gasteiger partial charge on any atom is -0.389 e. The SMILES string of the molecule is CN(Cc1cscn1)C(=O)c1ccc(C(N)=S)cn1. The first-order chi connectivity index (χ1) is 9.08. The zero-order valence-electron chi connectivity index (χ0n) is 10.2. The van der Waals surface area contributed by atoms with Gasteiger partial charge in [0.05, 0.1) is 17.7 Å². The maximum atomic E-state index is 12.1. The summed E-state index contributed by atoms with van der Waals surface area (Å²) in [5.74, 6) is -0.164. The van der Waals surface area contributed by atoms with E-state index in [2.05, 4.69) is 9.97 Å². The lowest BCUT2D eigenvalue weighted by molar-refractivity contribution is 0.0778. The summed E-state index contributed by atoms with van der Waals surface area (Å²) in [5.41, 5.74) is 9.09. The molecule has 0 fully saturated rings. The van der Waals surface area contributed by atoms with Gasteiger partial charge in [0.1, 0.15) is 10.7 Å². The quantitative estimate of drug-likeness (QED) is 0.863. The molecule has 0 aliphatic rings. The maximum absolute atomic E-state index is 12.1. The van der Waals surface area contributed by atoms with E-state index < -0.39 is 0 Å². The molecular weight excluding hydrogens is 280 g/mol. The molecule has 0 aromatic carbocycles. The number of carbonyl (C=O) groups excluding carboxylic acids is 1. The lowest BCUT2D eigenvalue weighted by Gasteiger charge is -2.15. The van der Waals surface area contributed by atoms with E-state index in [-0.39, 0.29) is 10.9 Å². The van der Waals surface area contributed by atoms with Crippen LogP contribution in [0.2, 0.25) is 0 Å². The third kappa shape index (κ3) is 3.33. The number of carbonyl (C=O) groups is 1. The van der Waals surface area contributed by atoms with Crippen LogP contribution in [-0.4, -0.2) is 32.8 Å². The smallest absolute Gasteiger partial charge is 0.272 e. The zero-order chi connectivity index (χ0) is 13.8.